The number of fused-ring (bicyclic) bond motifs is 1. The van der Waals surface area contributed by atoms with E-state index in [0.717, 1.165) is 18.5 Å². The minimum Gasteiger partial charge on any atom is -0.324 e. The van der Waals surface area contributed by atoms with Crippen molar-refractivity contribution in [3.63, 3.8) is 0 Å². The van der Waals surface area contributed by atoms with Crippen LogP contribution in [0.2, 0.25) is 0 Å². The molecule has 5 rings (SSSR count). The molecule has 2 aromatic carbocycles. The molecule has 172 valence electrons. The van der Waals surface area contributed by atoms with Crippen LogP contribution in [0.15, 0.2) is 64.2 Å². The van der Waals surface area contributed by atoms with Gasteiger partial charge in [0.15, 0.2) is 0 Å². The van der Waals surface area contributed by atoms with E-state index in [1.807, 2.05) is 0 Å². The number of carbonyl (C=O) groups is 1. The van der Waals surface area contributed by atoms with Crippen LogP contribution in [-0.2, 0) is 4.79 Å². The van der Waals surface area contributed by atoms with Crippen molar-refractivity contribution in [2.75, 3.05) is 5.32 Å². The molecule has 1 aliphatic carbocycles. The maximum atomic E-state index is 13.3. The van der Waals surface area contributed by atoms with Gasteiger partial charge < -0.3 is 5.32 Å². The molecule has 0 radical (unpaired) electrons. The first-order valence-electron chi connectivity index (χ1n) is 11.0. The second-order valence-electron chi connectivity index (χ2n) is 8.49. The standard InChI is InChI=1S/C25H22FN5O3/c1-14(31-23(32)12-11-21(29-31)16-3-4-16)24(33)28-18-7-10-22-20(13-18)25(34)30(15(2)27-22)19-8-5-17(26)6-9-19/h5-14,16H,3-4H2,1-2H3,(H,28,33). The first-order valence-corrected chi connectivity index (χ1v) is 11.0. The number of hydrogen-bond acceptors (Lipinski definition) is 5. The van der Waals surface area contributed by atoms with Crippen molar-refractivity contribution in [1.29, 1.82) is 0 Å². The molecular formula is C25H22FN5O3. The van der Waals surface area contributed by atoms with Crippen LogP contribution < -0.4 is 16.4 Å². The Kier molecular flexibility index (Phi) is 5.31. The Hall–Kier alpha value is -4.14. The van der Waals surface area contributed by atoms with Gasteiger partial charge in [0.05, 0.1) is 22.3 Å². The number of aromatic nitrogens is 4. The molecule has 34 heavy (non-hydrogen) atoms. The topological polar surface area (TPSA) is 98.9 Å². The van der Waals surface area contributed by atoms with Gasteiger partial charge in [-0.3, -0.25) is 19.0 Å². The summed E-state index contributed by atoms with van der Waals surface area (Å²) in [7, 11) is 0. The number of rotatable bonds is 5. The number of anilines is 1. The average Bonchev–Trinajstić information content (AvgIpc) is 3.66. The highest BCUT2D eigenvalue weighted by atomic mass is 19.1. The number of halogens is 1. The number of amides is 1. The van der Waals surface area contributed by atoms with Gasteiger partial charge in [-0.1, -0.05) is 0 Å². The van der Waals surface area contributed by atoms with E-state index in [1.54, 1.807) is 38.1 Å². The zero-order chi connectivity index (χ0) is 24.0. The fourth-order valence-electron chi connectivity index (χ4n) is 3.94. The van der Waals surface area contributed by atoms with E-state index >= 15 is 0 Å². The number of hydrogen-bond donors (Lipinski definition) is 1. The smallest absolute Gasteiger partial charge is 0.267 e. The highest BCUT2D eigenvalue weighted by Gasteiger charge is 2.27. The zero-order valence-electron chi connectivity index (χ0n) is 18.7. The summed E-state index contributed by atoms with van der Waals surface area (Å²) in [5.74, 6) is -0.0308. The SMILES string of the molecule is Cc1nc2ccc(NC(=O)C(C)n3nc(C4CC4)ccc3=O)cc2c(=O)n1-c1ccc(F)cc1. The van der Waals surface area contributed by atoms with Gasteiger partial charge in [-0.2, -0.15) is 5.10 Å². The van der Waals surface area contributed by atoms with Crippen molar-refractivity contribution < 1.29 is 9.18 Å². The molecule has 8 nitrogen and oxygen atoms in total. The first-order chi connectivity index (χ1) is 16.3. The molecule has 2 aromatic heterocycles. The van der Waals surface area contributed by atoms with Crippen LogP contribution in [0.3, 0.4) is 0 Å². The molecule has 1 aliphatic rings. The maximum Gasteiger partial charge on any atom is 0.267 e. The van der Waals surface area contributed by atoms with Gasteiger partial charge in [-0.25, -0.2) is 14.1 Å². The van der Waals surface area contributed by atoms with Crippen molar-refractivity contribution in [3.8, 4) is 5.69 Å². The zero-order valence-corrected chi connectivity index (χ0v) is 18.7. The van der Waals surface area contributed by atoms with Crippen molar-refractivity contribution >= 4 is 22.5 Å². The molecule has 1 N–H and O–H groups in total. The maximum absolute atomic E-state index is 13.3. The second kappa shape index (κ2) is 8.33. The average molecular weight is 459 g/mol. The summed E-state index contributed by atoms with van der Waals surface area (Å²) >= 11 is 0. The lowest BCUT2D eigenvalue weighted by atomic mass is 10.2. The van der Waals surface area contributed by atoms with E-state index in [9.17, 15) is 18.8 Å². The Morgan fingerprint density at radius 2 is 1.82 bits per heavy atom. The fraction of sp³-hybridized carbons (Fsp3) is 0.240. The predicted molar refractivity (Wildman–Crippen MR) is 126 cm³/mol. The lowest BCUT2D eigenvalue weighted by Gasteiger charge is -2.15. The molecular weight excluding hydrogens is 437 g/mol. The summed E-state index contributed by atoms with van der Waals surface area (Å²) in [5, 5.41) is 7.44. The molecule has 4 aromatic rings. The molecule has 1 atom stereocenters. The van der Waals surface area contributed by atoms with Gasteiger partial charge in [0, 0.05) is 17.7 Å². The van der Waals surface area contributed by atoms with Crippen LogP contribution in [0.25, 0.3) is 16.6 Å². The lowest BCUT2D eigenvalue weighted by molar-refractivity contribution is -0.119. The van der Waals surface area contributed by atoms with Crippen LogP contribution >= 0.6 is 0 Å². The summed E-state index contributed by atoms with van der Waals surface area (Å²) in [6, 6.07) is 12.7. The molecule has 9 heteroatoms. The quantitative estimate of drug-likeness (QED) is 0.493. The molecule has 0 aliphatic heterocycles. The third-order valence-corrected chi connectivity index (χ3v) is 5.98. The number of carbonyl (C=O) groups excluding carboxylic acids is 1. The van der Waals surface area contributed by atoms with Gasteiger partial charge >= 0.3 is 0 Å². The molecule has 0 bridgehead atoms. The van der Waals surface area contributed by atoms with Gasteiger partial charge in [0.2, 0.25) is 5.91 Å². The predicted octanol–water partition coefficient (Wildman–Crippen LogP) is 3.47. The summed E-state index contributed by atoms with van der Waals surface area (Å²) in [5.41, 5.74) is 1.47. The minimum atomic E-state index is -0.839. The molecule has 0 spiro atoms. The number of nitrogens with zero attached hydrogens (tertiary/aromatic N) is 4. The minimum absolute atomic E-state index is 0.298. The highest BCUT2D eigenvalue weighted by molar-refractivity contribution is 5.95. The van der Waals surface area contributed by atoms with Gasteiger partial charge in [0.1, 0.15) is 17.7 Å². The van der Waals surface area contributed by atoms with E-state index in [2.05, 4.69) is 15.4 Å². The van der Waals surface area contributed by atoms with E-state index < -0.39 is 17.8 Å². The van der Waals surface area contributed by atoms with Crippen LogP contribution in [0.1, 0.15) is 43.2 Å². The van der Waals surface area contributed by atoms with Crippen molar-refractivity contribution in [2.24, 2.45) is 0 Å². The Morgan fingerprint density at radius 3 is 2.53 bits per heavy atom. The monoisotopic (exact) mass is 459 g/mol. The largest absolute Gasteiger partial charge is 0.324 e. The van der Waals surface area contributed by atoms with Gasteiger partial charge in [0.25, 0.3) is 11.1 Å². The van der Waals surface area contributed by atoms with E-state index in [0.29, 0.717) is 34.0 Å². The van der Waals surface area contributed by atoms with Crippen LogP contribution in [-0.4, -0.2) is 25.2 Å². The summed E-state index contributed by atoms with van der Waals surface area (Å²) in [4.78, 5) is 42.9. The first kappa shape index (κ1) is 21.7. The van der Waals surface area contributed by atoms with Crippen LogP contribution in [0.4, 0.5) is 10.1 Å². The van der Waals surface area contributed by atoms with E-state index in [4.69, 9.17) is 0 Å². The Morgan fingerprint density at radius 1 is 1.09 bits per heavy atom. The van der Waals surface area contributed by atoms with E-state index in [1.165, 1.54) is 39.6 Å². The van der Waals surface area contributed by atoms with Crippen LogP contribution in [0.5, 0.6) is 0 Å². The number of aryl methyl sites for hydroxylation is 1. The molecule has 1 amide bonds. The second-order valence-corrected chi connectivity index (χ2v) is 8.49. The summed E-state index contributed by atoms with van der Waals surface area (Å²) in [6.45, 7) is 3.30. The van der Waals surface area contributed by atoms with E-state index in [-0.39, 0.29) is 11.1 Å². The van der Waals surface area contributed by atoms with Gasteiger partial charge in [-0.05, 0) is 75.2 Å². The lowest BCUT2D eigenvalue weighted by Crippen LogP contribution is -2.33. The third kappa shape index (κ3) is 4.00. The molecule has 1 unspecified atom stereocenters. The summed E-state index contributed by atoms with van der Waals surface area (Å²) in [6.07, 6.45) is 2.07. The molecule has 1 saturated carbocycles. The third-order valence-electron chi connectivity index (χ3n) is 5.98. The Bertz CT molecular complexity index is 1540. The molecule has 2 heterocycles. The van der Waals surface area contributed by atoms with Crippen molar-refractivity contribution in [1.82, 2.24) is 19.3 Å². The molecule has 0 saturated heterocycles. The Labute approximate surface area is 193 Å². The van der Waals surface area contributed by atoms with Crippen LogP contribution in [0, 0.1) is 12.7 Å². The highest BCUT2D eigenvalue weighted by Crippen LogP contribution is 2.38. The van der Waals surface area contributed by atoms with Crippen molar-refractivity contribution in [2.45, 2.75) is 38.6 Å². The molecule has 1 fully saturated rings. The number of benzene rings is 2. The Balaban J connectivity index is 1.47. The fourth-order valence-corrected chi connectivity index (χ4v) is 3.94. The van der Waals surface area contributed by atoms with Gasteiger partial charge in [-0.15, -0.1) is 0 Å². The number of nitrogens with one attached hydrogen (secondary N) is 1. The normalized spacial score (nSPS) is 14.2. The van der Waals surface area contributed by atoms with Crippen molar-refractivity contribution in [3.05, 3.63) is 92.6 Å². The summed E-state index contributed by atoms with van der Waals surface area (Å²) < 4.78 is 15.9.